The molecule has 260 valence electrons. The summed E-state index contributed by atoms with van der Waals surface area (Å²) in [6.07, 6.45) is 4.40. The zero-order valence-electron chi connectivity index (χ0n) is 28.0. The van der Waals surface area contributed by atoms with E-state index in [0.717, 1.165) is 18.8 Å². The molecule has 0 radical (unpaired) electrons. The minimum absolute atomic E-state index is 0.0450. The predicted octanol–water partition coefficient (Wildman–Crippen LogP) is 3.87. The summed E-state index contributed by atoms with van der Waals surface area (Å²) in [7, 11) is 0. The third-order valence-corrected chi connectivity index (χ3v) is 10.8. The van der Waals surface area contributed by atoms with Crippen LogP contribution < -0.4 is 15.1 Å². The number of carbonyl (C=O) groups excluding carboxylic acids is 4. The number of amides is 3. The number of allylic oxidation sites excluding steroid dienone is 1. The molecule has 4 aliphatic heterocycles. The van der Waals surface area contributed by atoms with Gasteiger partial charge in [0.15, 0.2) is 0 Å². The Morgan fingerprint density at radius 3 is 2.41 bits per heavy atom. The number of hydrogen-bond donors (Lipinski definition) is 2. The number of cyclic esters (lactones) is 1. The lowest BCUT2D eigenvalue weighted by Crippen LogP contribution is -2.58. The third kappa shape index (κ3) is 6.30. The molecule has 1 spiro atoms. The van der Waals surface area contributed by atoms with Crippen LogP contribution in [0.5, 0.6) is 0 Å². The Labute approximate surface area is 295 Å². The van der Waals surface area contributed by atoms with E-state index in [2.05, 4.69) is 40.0 Å². The molecule has 12 heteroatoms. The first-order valence-electron chi connectivity index (χ1n) is 17.0. The van der Waals surface area contributed by atoms with Crippen molar-refractivity contribution >= 4 is 51.0 Å². The van der Waals surface area contributed by atoms with Gasteiger partial charge in [-0.1, -0.05) is 58.4 Å². The van der Waals surface area contributed by atoms with E-state index in [1.165, 1.54) is 4.90 Å². The SMILES string of the molecule is CCN(CC)c1ccc(N2C/C=C\CCC(=O)NC[C@@H](c3ccccc3)OC(=O)[C@@H]3[C@H]4O[C@@]5(C=C4Br)[C@H](C2=O)N([C@H](C)CO)C(=O)[C@@H]35)cc1. The maximum absolute atomic E-state index is 15.0. The van der Waals surface area contributed by atoms with E-state index in [1.54, 1.807) is 17.9 Å². The van der Waals surface area contributed by atoms with Crippen molar-refractivity contribution in [3.05, 3.63) is 82.9 Å². The van der Waals surface area contributed by atoms with Crippen molar-refractivity contribution in [1.29, 1.82) is 0 Å². The van der Waals surface area contributed by atoms with Gasteiger partial charge in [-0.15, -0.1) is 0 Å². The number of aliphatic hydroxyl groups is 1. The minimum atomic E-state index is -1.49. The number of rotatable bonds is 7. The molecule has 7 atom stereocenters. The summed E-state index contributed by atoms with van der Waals surface area (Å²) in [5.74, 6) is -3.89. The lowest BCUT2D eigenvalue weighted by molar-refractivity contribution is -0.160. The maximum atomic E-state index is 15.0. The molecule has 2 N–H and O–H groups in total. The van der Waals surface area contributed by atoms with Gasteiger partial charge in [-0.2, -0.15) is 0 Å². The number of fused-ring (bicyclic) bond motifs is 2. The first-order chi connectivity index (χ1) is 23.6. The summed E-state index contributed by atoms with van der Waals surface area (Å²) in [5.41, 5.74) is 0.824. The molecule has 3 amide bonds. The quantitative estimate of drug-likeness (QED) is 0.324. The van der Waals surface area contributed by atoms with Gasteiger partial charge in [0.25, 0.3) is 5.91 Å². The fourth-order valence-corrected chi connectivity index (χ4v) is 8.33. The monoisotopic (exact) mass is 734 g/mol. The summed E-state index contributed by atoms with van der Waals surface area (Å²) in [6, 6.07) is 14.9. The van der Waals surface area contributed by atoms with E-state index in [0.29, 0.717) is 22.2 Å². The topological polar surface area (TPSA) is 129 Å². The highest BCUT2D eigenvalue weighted by molar-refractivity contribution is 9.11. The Hall–Kier alpha value is -4.00. The number of anilines is 2. The van der Waals surface area contributed by atoms with Gasteiger partial charge in [0.2, 0.25) is 11.8 Å². The van der Waals surface area contributed by atoms with Crippen molar-refractivity contribution in [2.75, 3.05) is 42.6 Å². The number of hydrogen-bond acceptors (Lipinski definition) is 8. The maximum Gasteiger partial charge on any atom is 0.313 e. The highest BCUT2D eigenvalue weighted by Gasteiger charge is 2.75. The molecule has 0 aliphatic carbocycles. The summed E-state index contributed by atoms with van der Waals surface area (Å²) in [4.78, 5) is 61.7. The average molecular weight is 736 g/mol. The molecule has 2 fully saturated rings. The Balaban J connectivity index is 1.44. The molecule has 5 bridgehead atoms. The highest BCUT2D eigenvalue weighted by atomic mass is 79.9. The van der Waals surface area contributed by atoms with Crippen molar-refractivity contribution in [1.82, 2.24) is 10.2 Å². The number of likely N-dealkylation sites (tertiary alicyclic amines) is 1. The largest absolute Gasteiger partial charge is 0.455 e. The summed E-state index contributed by atoms with van der Waals surface area (Å²) < 4.78 is 13.3. The second-order valence-electron chi connectivity index (χ2n) is 12.9. The van der Waals surface area contributed by atoms with Crippen LogP contribution in [-0.4, -0.2) is 90.3 Å². The number of esters is 1. The van der Waals surface area contributed by atoms with Gasteiger partial charge in [-0.3, -0.25) is 19.2 Å². The van der Waals surface area contributed by atoms with Gasteiger partial charge in [-0.25, -0.2) is 0 Å². The fourth-order valence-electron chi connectivity index (χ4n) is 7.59. The molecule has 0 saturated carbocycles. The van der Waals surface area contributed by atoms with E-state index in [9.17, 15) is 19.5 Å². The summed E-state index contributed by atoms with van der Waals surface area (Å²) in [5, 5.41) is 13.2. The zero-order chi connectivity index (χ0) is 34.9. The van der Waals surface area contributed by atoms with Gasteiger partial charge in [0.1, 0.15) is 29.8 Å². The van der Waals surface area contributed by atoms with Gasteiger partial charge < -0.3 is 34.6 Å². The van der Waals surface area contributed by atoms with Crippen LogP contribution in [0.15, 0.2) is 77.3 Å². The lowest BCUT2D eigenvalue weighted by atomic mass is 9.74. The summed E-state index contributed by atoms with van der Waals surface area (Å²) in [6.45, 7) is 7.30. The van der Waals surface area contributed by atoms with Crippen LogP contribution in [0.3, 0.4) is 0 Å². The first kappa shape index (κ1) is 34.8. The normalized spacial score (nSPS) is 30.1. The number of nitrogens with zero attached hydrogens (tertiary/aromatic N) is 3. The standard InChI is InChI=1S/C37H43BrN4O7/c1-4-40(5-2)25-15-17-26(18-16-25)41-19-11-7-10-14-29(44)39-21-28(24-12-8-6-9-13-24)48-36(47)30-31-34(45)42(23(3)22-43)33(35(41)46)37(31)20-27(38)32(30)49-37/h6-9,11-13,15-18,20,23,28,30-33,43H,4-5,10,14,19,21-22H2,1-3H3,(H,39,44)/b11-7-/t23-,28+,30+,31-,32+,33+,37-/m1/s1. The van der Waals surface area contributed by atoms with Crippen LogP contribution in [0.2, 0.25) is 0 Å². The van der Waals surface area contributed by atoms with E-state index in [1.807, 2.05) is 66.7 Å². The van der Waals surface area contributed by atoms with Crippen LogP contribution in [0.1, 0.15) is 45.3 Å². The van der Waals surface area contributed by atoms with E-state index >= 15 is 4.79 Å². The Kier molecular flexibility index (Phi) is 10.3. The van der Waals surface area contributed by atoms with E-state index in [-0.39, 0.29) is 25.4 Å². The van der Waals surface area contributed by atoms with Gasteiger partial charge in [0, 0.05) is 41.9 Å². The molecule has 0 aromatic heterocycles. The Bertz CT molecular complexity index is 1630. The Morgan fingerprint density at radius 2 is 1.73 bits per heavy atom. The third-order valence-electron chi connectivity index (χ3n) is 10.1. The molecule has 0 unspecified atom stereocenters. The summed E-state index contributed by atoms with van der Waals surface area (Å²) >= 11 is 3.59. The van der Waals surface area contributed by atoms with Crippen molar-refractivity contribution in [2.24, 2.45) is 11.8 Å². The average Bonchev–Trinajstić information content (AvgIpc) is 3.71. The molecular weight excluding hydrogens is 692 g/mol. The number of ether oxygens (including phenoxy) is 2. The van der Waals surface area contributed by atoms with E-state index in [4.69, 9.17) is 9.47 Å². The van der Waals surface area contributed by atoms with Crippen LogP contribution in [-0.2, 0) is 28.7 Å². The number of nitrogens with one attached hydrogen (secondary N) is 1. The number of carbonyl (C=O) groups is 4. The molecule has 4 aliphatic rings. The van der Waals surface area contributed by atoms with Crippen LogP contribution >= 0.6 is 15.9 Å². The predicted molar refractivity (Wildman–Crippen MR) is 188 cm³/mol. The number of halogens is 1. The van der Waals surface area contributed by atoms with Crippen molar-refractivity contribution in [3.8, 4) is 0 Å². The van der Waals surface area contributed by atoms with Crippen LogP contribution in [0.4, 0.5) is 11.4 Å². The van der Waals surface area contributed by atoms with E-state index < -0.39 is 66.1 Å². The molecule has 4 heterocycles. The molecule has 49 heavy (non-hydrogen) atoms. The molecule has 2 saturated heterocycles. The first-order valence-corrected chi connectivity index (χ1v) is 17.8. The smallest absolute Gasteiger partial charge is 0.313 e. The number of benzene rings is 2. The highest BCUT2D eigenvalue weighted by Crippen LogP contribution is 2.59. The van der Waals surface area contributed by atoms with Crippen LogP contribution in [0.25, 0.3) is 0 Å². The van der Waals surface area contributed by atoms with Gasteiger partial charge in [-0.05, 0) is 63.1 Å². The zero-order valence-corrected chi connectivity index (χ0v) is 29.5. The number of aliphatic hydroxyl groups excluding tert-OH is 1. The second kappa shape index (κ2) is 14.5. The van der Waals surface area contributed by atoms with Crippen molar-refractivity contribution < 1.29 is 33.8 Å². The fraction of sp³-hybridized carbons (Fsp3) is 0.459. The van der Waals surface area contributed by atoms with Crippen molar-refractivity contribution in [2.45, 2.75) is 63.5 Å². The Morgan fingerprint density at radius 1 is 1.02 bits per heavy atom. The van der Waals surface area contributed by atoms with Gasteiger partial charge in [0.05, 0.1) is 25.1 Å². The lowest BCUT2D eigenvalue weighted by Gasteiger charge is -2.37. The van der Waals surface area contributed by atoms with Crippen molar-refractivity contribution in [3.63, 3.8) is 0 Å². The van der Waals surface area contributed by atoms with Gasteiger partial charge >= 0.3 is 5.97 Å². The molecule has 11 nitrogen and oxygen atoms in total. The second-order valence-corrected chi connectivity index (χ2v) is 13.8. The van der Waals surface area contributed by atoms with Crippen LogP contribution in [0, 0.1) is 11.8 Å². The molecule has 2 aromatic carbocycles. The minimum Gasteiger partial charge on any atom is -0.455 e. The molecular formula is C37H43BrN4O7. The molecule has 2 aromatic rings. The molecule has 6 rings (SSSR count).